The van der Waals surface area contributed by atoms with Gasteiger partial charge in [-0.05, 0) is 31.5 Å². The lowest BCUT2D eigenvalue weighted by Gasteiger charge is -2.01. The molecule has 0 fully saturated rings. The number of benzene rings is 1. The molecule has 0 saturated heterocycles. The first-order chi connectivity index (χ1) is 7.58. The van der Waals surface area contributed by atoms with E-state index in [0.29, 0.717) is 12.2 Å². The molecule has 0 unspecified atom stereocenters. The fourth-order valence-electron chi connectivity index (χ4n) is 1.15. The fourth-order valence-corrected chi connectivity index (χ4v) is 1.99. The summed E-state index contributed by atoms with van der Waals surface area (Å²) in [7, 11) is 0. The Morgan fingerprint density at radius 3 is 2.81 bits per heavy atom. The van der Waals surface area contributed by atoms with Crippen LogP contribution in [-0.4, -0.2) is 11.5 Å². The summed E-state index contributed by atoms with van der Waals surface area (Å²) in [6.07, 6.45) is 1.26. The van der Waals surface area contributed by atoms with Gasteiger partial charge >= 0.3 is 0 Å². The van der Waals surface area contributed by atoms with Crippen molar-refractivity contribution in [3.8, 4) is 0 Å². The van der Waals surface area contributed by atoms with Gasteiger partial charge in [-0.25, -0.2) is 4.39 Å². The number of carbonyl (C=O) groups excluding carboxylic acids is 1. The predicted octanol–water partition coefficient (Wildman–Crippen LogP) is 3.84. The van der Waals surface area contributed by atoms with E-state index in [4.69, 9.17) is 0 Å². The van der Waals surface area contributed by atoms with Crippen LogP contribution in [0.1, 0.15) is 19.8 Å². The molecule has 16 heavy (non-hydrogen) atoms. The topological polar surface area (TPSA) is 17.1 Å². The molecule has 1 rings (SSSR count). The first kappa shape index (κ1) is 13.0. The SMILES string of the molecule is C=C(C)CCC(=O)CSc1cccc(F)c1. The van der Waals surface area contributed by atoms with Crippen LogP contribution in [0, 0.1) is 5.82 Å². The average Bonchev–Trinajstić information content (AvgIpc) is 2.23. The number of thioether (sulfide) groups is 1. The van der Waals surface area contributed by atoms with Crippen LogP contribution in [-0.2, 0) is 4.79 Å². The zero-order chi connectivity index (χ0) is 12.0. The van der Waals surface area contributed by atoms with Crippen LogP contribution in [0.15, 0.2) is 41.3 Å². The Morgan fingerprint density at radius 2 is 2.19 bits per heavy atom. The highest BCUT2D eigenvalue weighted by atomic mass is 32.2. The quantitative estimate of drug-likeness (QED) is 0.553. The van der Waals surface area contributed by atoms with E-state index in [1.165, 1.54) is 23.9 Å². The van der Waals surface area contributed by atoms with E-state index in [-0.39, 0.29) is 11.6 Å². The smallest absolute Gasteiger partial charge is 0.143 e. The number of carbonyl (C=O) groups is 1. The lowest BCUT2D eigenvalue weighted by Crippen LogP contribution is -2.01. The standard InChI is InChI=1S/C13H15FOS/c1-10(2)6-7-12(15)9-16-13-5-3-4-11(14)8-13/h3-5,8H,1,6-7,9H2,2H3. The lowest BCUT2D eigenvalue weighted by atomic mass is 10.1. The van der Waals surface area contributed by atoms with E-state index < -0.39 is 0 Å². The van der Waals surface area contributed by atoms with Crippen molar-refractivity contribution in [2.24, 2.45) is 0 Å². The van der Waals surface area contributed by atoms with Gasteiger partial charge in [0.15, 0.2) is 0 Å². The molecule has 0 heterocycles. The van der Waals surface area contributed by atoms with Crippen LogP contribution in [0.4, 0.5) is 4.39 Å². The first-order valence-electron chi connectivity index (χ1n) is 5.12. The van der Waals surface area contributed by atoms with Crippen LogP contribution < -0.4 is 0 Å². The molecule has 0 bridgehead atoms. The van der Waals surface area contributed by atoms with Gasteiger partial charge in [-0.2, -0.15) is 0 Å². The molecule has 0 spiro atoms. The van der Waals surface area contributed by atoms with E-state index in [9.17, 15) is 9.18 Å². The van der Waals surface area contributed by atoms with Crippen molar-refractivity contribution in [2.75, 3.05) is 5.75 Å². The van der Waals surface area contributed by atoms with Gasteiger partial charge in [0.25, 0.3) is 0 Å². The van der Waals surface area contributed by atoms with Crippen LogP contribution in [0.25, 0.3) is 0 Å². The van der Waals surface area contributed by atoms with E-state index in [1.807, 2.05) is 6.92 Å². The summed E-state index contributed by atoms with van der Waals surface area (Å²) in [5.41, 5.74) is 1.02. The largest absolute Gasteiger partial charge is 0.299 e. The van der Waals surface area contributed by atoms with Gasteiger partial charge in [-0.3, -0.25) is 4.79 Å². The molecule has 0 aliphatic rings. The molecule has 3 heteroatoms. The minimum absolute atomic E-state index is 0.178. The molecule has 0 radical (unpaired) electrons. The maximum absolute atomic E-state index is 12.8. The van der Waals surface area contributed by atoms with E-state index in [0.717, 1.165) is 16.9 Å². The lowest BCUT2D eigenvalue weighted by molar-refractivity contribution is -0.116. The van der Waals surface area contributed by atoms with Crippen LogP contribution in [0.5, 0.6) is 0 Å². The molecule has 0 saturated carbocycles. The Balaban J connectivity index is 2.34. The molecule has 0 aliphatic heterocycles. The molecule has 1 aromatic carbocycles. The van der Waals surface area contributed by atoms with Crippen LogP contribution in [0.3, 0.4) is 0 Å². The number of allylic oxidation sites excluding steroid dienone is 1. The molecule has 0 amide bonds. The third-order valence-electron chi connectivity index (χ3n) is 2.03. The Kier molecular flexibility index (Phi) is 5.26. The van der Waals surface area contributed by atoms with Gasteiger partial charge in [0, 0.05) is 11.3 Å². The van der Waals surface area contributed by atoms with Gasteiger partial charge in [-0.15, -0.1) is 18.3 Å². The Morgan fingerprint density at radius 1 is 1.44 bits per heavy atom. The van der Waals surface area contributed by atoms with Gasteiger partial charge < -0.3 is 0 Å². The third kappa shape index (κ3) is 5.12. The van der Waals surface area contributed by atoms with E-state index in [1.54, 1.807) is 12.1 Å². The summed E-state index contributed by atoms with van der Waals surface area (Å²) in [5.74, 6) is 0.313. The van der Waals surface area contributed by atoms with E-state index in [2.05, 4.69) is 6.58 Å². The summed E-state index contributed by atoms with van der Waals surface area (Å²) in [6.45, 7) is 5.66. The molecule has 1 aromatic rings. The molecule has 1 nitrogen and oxygen atoms in total. The molecule has 0 aliphatic carbocycles. The average molecular weight is 238 g/mol. The molecule has 86 valence electrons. The highest BCUT2D eigenvalue weighted by Crippen LogP contribution is 2.19. The Hall–Kier alpha value is -1.09. The van der Waals surface area contributed by atoms with Crippen molar-refractivity contribution < 1.29 is 9.18 Å². The summed E-state index contributed by atoms with van der Waals surface area (Å²) in [5, 5.41) is 0. The monoisotopic (exact) mass is 238 g/mol. The van der Waals surface area contributed by atoms with Crippen LogP contribution in [0.2, 0.25) is 0 Å². The summed E-state index contributed by atoms with van der Waals surface area (Å²) < 4.78 is 12.8. The normalized spacial score (nSPS) is 10.1. The highest BCUT2D eigenvalue weighted by Gasteiger charge is 2.03. The number of hydrogen-bond donors (Lipinski definition) is 0. The predicted molar refractivity (Wildman–Crippen MR) is 66.2 cm³/mol. The van der Waals surface area contributed by atoms with Gasteiger partial charge in [0.2, 0.25) is 0 Å². The molecule has 0 aromatic heterocycles. The summed E-state index contributed by atoms with van der Waals surface area (Å²) >= 11 is 1.38. The minimum Gasteiger partial charge on any atom is -0.299 e. The second-order valence-electron chi connectivity index (χ2n) is 3.74. The number of rotatable bonds is 6. The van der Waals surface area contributed by atoms with Crippen molar-refractivity contribution in [3.05, 3.63) is 42.2 Å². The van der Waals surface area contributed by atoms with Gasteiger partial charge in [0.05, 0.1) is 5.75 Å². The number of ketones is 1. The Labute approximate surface area is 99.7 Å². The van der Waals surface area contributed by atoms with Gasteiger partial charge in [-0.1, -0.05) is 11.6 Å². The Bertz CT molecular complexity index is 387. The second kappa shape index (κ2) is 6.48. The van der Waals surface area contributed by atoms with E-state index >= 15 is 0 Å². The van der Waals surface area contributed by atoms with Crippen molar-refractivity contribution in [3.63, 3.8) is 0 Å². The number of hydrogen-bond acceptors (Lipinski definition) is 2. The second-order valence-corrected chi connectivity index (χ2v) is 4.79. The summed E-state index contributed by atoms with van der Waals surface area (Å²) in [6, 6.07) is 6.29. The highest BCUT2D eigenvalue weighted by molar-refractivity contribution is 8.00. The molecule has 0 N–H and O–H groups in total. The molecule has 0 atom stereocenters. The maximum Gasteiger partial charge on any atom is 0.143 e. The van der Waals surface area contributed by atoms with Crippen molar-refractivity contribution in [1.82, 2.24) is 0 Å². The zero-order valence-electron chi connectivity index (χ0n) is 9.33. The van der Waals surface area contributed by atoms with Gasteiger partial charge in [0.1, 0.15) is 11.6 Å². The molecular weight excluding hydrogens is 223 g/mol. The molecular formula is C13H15FOS. The third-order valence-corrected chi connectivity index (χ3v) is 3.08. The van der Waals surface area contributed by atoms with Crippen LogP contribution >= 0.6 is 11.8 Å². The van der Waals surface area contributed by atoms with Crippen molar-refractivity contribution >= 4 is 17.5 Å². The maximum atomic E-state index is 12.8. The summed E-state index contributed by atoms with van der Waals surface area (Å²) in [4.78, 5) is 12.2. The van der Waals surface area contributed by atoms with Crippen molar-refractivity contribution in [1.29, 1.82) is 0 Å². The fraction of sp³-hybridized carbons (Fsp3) is 0.308. The number of halogens is 1. The minimum atomic E-state index is -0.264. The number of Topliss-reactive ketones (excluding diaryl/α,β-unsaturated/α-hetero) is 1. The van der Waals surface area contributed by atoms with Crippen molar-refractivity contribution in [2.45, 2.75) is 24.7 Å². The first-order valence-corrected chi connectivity index (χ1v) is 6.11. The zero-order valence-corrected chi connectivity index (χ0v) is 10.1.